The monoisotopic (exact) mass is 254 g/mol. The normalized spacial score (nSPS) is 26.7. The molecule has 0 aromatic carbocycles. The van der Waals surface area contributed by atoms with Crippen LogP contribution in [0.25, 0.3) is 0 Å². The molecule has 18 heavy (non-hydrogen) atoms. The molecule has 0 spiro atoms. The van der Waals surface area contributed by atoms with Crippen molar-refractivity contribution in [1.29, 1.82) is 0 Å². The number of hydrogen-bond donors (Lipinski definition) is 1. The minimum absolute atomic E-state index is 0.0809. The van der Waals surface area contributed by atoms with Gasteiger partial charge in [0.15, 0.2) is 0 Å². The van der Waals surface area contributed by atoms with Crippen molar-refractivity contribution in [3.63, 3.8) is 0 Å². The van der Waals surface area contributed by atoms with E-state index in [-0.39, 0.29) is 12.0 Å². The molecule has 1 amide bonds. The summed E-state index contributed by atoms with van der Waals surface area (Å²) in [5.41, 5.74) is 0. The molecule has 0 aromatic rings. The number of rotatable bonds is 5. The van der Waals surface area contributed by atoms with Gasteiger partial charge in [-0.1, -0.05) is 13.8 Å². The van der Waals surface area contributed by atoms with Crippen molar-refractivity contribution in [2.75, 3.05) is 26.2 Å². The molecule has 2 unspecified atom stereocenters. The molecular formula is C14H26N2O2. The molecular weight excluding hydrogens is 228 g/mol. The van der Waals surface area contributed by atoms with E-state index in [0.717, 1.165) is 26.0 Å². The van der Waals surface area contributed by atoms with Crippen LogP contribution in [-0.4, -0.2) is 49.2 Å². The van der Waals surface area contributed by atoms with E-state index in [1.807, 2.05) is 0 Å². The van der Waals surface area contributed by atoms with Crippen LogP contribution in [0, 0.1) is 5.92 Å². The Bertz CT molecular complexity index is 269. The van der Waals surface area contributed by atoms with Gasteiger partial charge in [-0.05, 0) is 44.7 Å². The lowest BCUT2D eigenvalue weighted by atomic mass is 10.0. The molecule has 2 heterocycles. The Kier molecular flexibility index (Phi) is 5.01. The summed E-state index contributed by atoms with van der Waals surface area (Å²) in [6.07, 6.45) is 4.28. The van der Waals surface area contributed by atoms with Crippen LogP contribution in [0.1, 0.15) is 39.5 Å². The standard InChI is InChI=1S/C14H26N2O2/c1-11(2)12(16-7-3-4-8-16)10-15-14(17)13-6-5-9-18-13/h11-13H,3-10H2,1-2H3,(H,15,17). The maximum atomic E-state index is 11.9. The number of carbonyl (C=O) groups is 1. The molecule has 2 atom stereocenters. The van der Waals surface area contributed by atoms with Gasteiger partial charge < -0.3 is 10.1 Å². The largest absolute Gasteiger partial charge is 0.368 e. The first-order valence-electron chi connectivity index (χ1n) is 7.32. The van der Waals surface area contributed by atoms with Gasteiger partial charge >= 0.3 is 0 Å². The van der Waals surface area contributed by atoms with Crippen molar-refractivity contribution in [2.45, 2.75) is 51.7 Å². The second-order valence-electron chi connectivity index (χ2n) is 5.80. The third-order valence-corrected chi connectivity index (χ3v) is 4.09. The van der Waals surface area contributed by atoms with Crippen molar-refractivity contribution in [3.05, 3.63) is 0 Å². The Morgan fingerprint density at radius 3 is 2.61 bits per heavy atom. The first-order chi connectivity index (χ1) is 8.68. The molecule has 2 aliphatic rings. The van der Waals surface area contributed by atoms with Crippen molar-refractivity contribution in [3.8, 4) is 0 Å². The van der Waals surface area contributed by atoms with Crippen molar-refractivity contribution in [1.82, 2.24) is 10.2 Å². The molecule has 2 saturated heterocycles. The van der Waals surface area contributed by atoms with E-state index in [4.69, 9.17) is 4.74 Å². The van der Waals surface area contributed by atoms with Gasteiger partial charge in [-0.3, -0.25) is 9.69 Å². The molecule has 2 rings (SSSR count). The quantitative estimate of drug-likeness (QED) is 0.806. The summed E-state index contributed by atoms with van der Waals surface area (Å²) in [5, 5.41) is 3.08. The van der Waals surface area contributed by atoms with Gasteiger partial charge in [0.05, 0.1) is 0 Å². The van der Waals surface area contributed by atoms with Crippen LogP contribution in [0.5, 0.6) is 0 Å². The number of amides is 1. The van der Waals surface area contributed by atoms with E-state index >= 15 is 0 Å². The fourth-order valence-electron chi connectivity index (χ4n) is 2.96. The maximum Gasteiger partial charge on any atom is 0.249 e. The Morgan fingerprint density at radius 2 is 2.06 bits per heavy atom. The second-order valence-corrected chi connectivity index (χ2v) is 5.80. The second kappa shape index (κ2) is 6.53. The molecule has 0 aromatic heterocycles. The lowest BCUT2D eigenvalue weighted by Crippen LogP contribution is -2.47. The highest BCUT2D eigenvalue weighted by molar-refractivity contribution is 5.80. The highest BCUT2D eigenvalue weighted by atomic mass is 16.5. The predicted molar refractivity (Wildman–Crippen MR) is 71.4 cm³/mol. The smallest absolute Gasteiger partial charge is 0.249 e. The number of hydrogen-bond acceptors (Lipinski definition) is 3. The van der Waals surface area contributed by atoms with Crippen LogP contribution in [0.3, 0.4) is 0 Å². The Labute approximate surface area is 110 Å². The summed E-state index contributed by atoms with van der Waals surface area (Å²) in [6.45, 7) is 8.33. The lowest BCUT2D eigenvalue weighted by molar-refractivity contribution is -0.130. The average Bonchev–Trinajstić information content (AvgIpc) is 3.01. The van der Waals surface area contributed by atoms with E-state index in [1.54, 1.807) is 0 Å². The molecule has 0 radical (unpaired) electrons. The summed E-state index contributed by atoms with van der Waals surface area (Å²) in [5.74, 6) is 0.658. The molecule has 0 aliphatic carbocycles. The number of nitrogens with one attached hydrogen (secondary N) is 1. The Hall–Kier alpha value is -0.610. The number of likely N-dealkylation sites (tertiary alicyclic amines) is 1. The zero-order chi connectivity index (χ0) is 13.0. The topological polar surface area (TPSA) is 41.6 Å². The van der Waals surface area contributed by atoms with Crippen LogP contribution in [0.4, 0.5) is 0 Å². The summed E-state index contributed by atoms with van der Waals surface area (Å²) in [4.78, 5) is 14.4. The summed E-state index contributed by atoms with van der Waals surface area (Å²) < 4.78 is 5.41. The van der Waals surface area contributed by atoms with Gasteiger partial charge in [0.1, 0.15) is 6.10 Å². The van der Waals surface area contributed by atoms with Gasteiger partial charge in [0.2, 0.25) is 5.91 Å². The average molecular weight is 254 g/mol. The van der Waals surface area contributed by atoms with Crippen molar-refractivity contribution in [2.24, 2.45) is 5.92 Å². The number of ether oxygens (including phenoxy) is 1. The van der Waals surface area contributed by atoms with E-state index in [1.165, 1.54) is 25.9 Å². The molecule has 4 nitrogen and oxygen atoms in total. The third-order valence-electron chi connectivity index (χ3n) is 4.09. The molecule has 2 fully saturated rings. The van der Waals surface area contributed by atoms with Crippen molar-refractivity contribution < 1.29 is 9.53 Å². The van der Waals surface area contributed by atoms with Crippen molar-refractivity contribution >= 4 is 5.91 Å². The maximum absolute atomic E-state index is 11.9. The van der Waals surface area contributed by atoms with Gasteiger partial charge in [0.25, 0.3) is 0 Å². The number of carbonyl (C=O) groups excluding carboxylic acids is 1. The van der Waals surface area contributed by atoms with Crippen LogP contribution in [0.2, 0.25) is 0 Å². The van der Waals surface area contributed by atoms with E-state index in [2.05, 4.69) is 24.1 Å². The molecule has 1 N–H and O–H groups in total. The highest BCUT2D eigenvalue weighted by Gasteiger charge is 2.27. The van der Waals surface area contributed by atoms with Gasteiger partial charge in [-0.2, -0.15) is 0 Å². The van der Waals surface area contributed by atoms with Crippen LogP contribution < -0.4 is 5.32 Å². The molecule has 0 saturated carbocycles. The zero-order valence-corrected chi connectivity index (χ0v) is 11.7. The third kappa shape index (κ3) is 3.45. The van der Waals surface area contributed by atoms with E-state index in [9.17, 15) is 4.79 Å². The summed E-state index contributed by atoms with van der Waals surface area (Å²) in [7, 11) is 0. The molecule has 4 heteroatoms. The SMILES string of the molecule is CC(C)C(CNC(=O)C1CCCO1)N1CCCC1. The van der Waals surface area contributed by atoms with Crippen LogP contribution in [0.15, 0.2) is 0 Å². The predicted octanol–water partition coefficient (Wildman–Crippen LogP) is 1.40. The summed E-state index contributed by atoms with van der Waals surface area (Å²) >= 11 is 0. The molecule has 2 aliphatic heterocycles. The van der Waals surface area contributed by atoms with Gasteiger partial charge in [-0.15, -0.1) is 0 Å². The van der Waals surface area contributed by atoms with Gasteiger partial charge in [-0.25, -0.2) is 0 Å². The summed E-state index contributed by atoms with van der Waals surface area (Å²) in [6, 6.07) is 0.470. The Balaban J connectivity index is 1.79. The van der Waals surface area contributed by atoms with Crippen LogP contribution in [-0.2, 0) is 9.53 Å². The zero-order valence-electron chi connectivity index (χ0n) is 11.7. The minimum Gasteiger partial charge on any atom is -0.368 e. The van der Waals surface area contributed by atoms with Gasteiger partial charge in [0, 0.05) is 19.2 Å². The fourth-order valence-corrected chi connectivity index (χ4v) is 2.96. The fraction of sp³-hybridized carbons (Fsp3) is 0.929. The van der Waals surface area contributed by atoms with Crippen LogP contribution >= 0.6 is 0 Å². The first kappa shape index (κ1) is 13.8. The van der Waals surface area contributed by atoms with E-state index in [0.29, 0.717) is 12.0 Å². The highest BCUT2D eigenvalue weighted by Crippen LogP contribution is 2.17. The molecule has 104 valence electrons. The lowest BCUT2D eigenvalue weighted by Gasteiger charge is -2.31. The first-order valence-corrected chi connectivity index (χ1v) is 7.32. The van der Waals surface area contributed by atoms with E-state index < -0.39 is 0 Å². The number of nitrogens with zero attached hydrogens (tertiary/aromatic N) is 1. The molecule has 0 bridgehead atoms. The minimum atomic E-state index is -0.198. The Morgan fingerprint density at radius 1 is 1.33 bits per heavy atom.